The van der Waals surface area contributed by atoms with E-state index in [2.05, 4.69) is 0 Å². The number of aliphatic carboxylic acids is 1. The quantitative estimate of drug-likeness (QED) is 0.621. The van der Waals surface area contributed by atoms with Crippen molar-refractivity contribution in [3.8, 4) is 11.5 Å². The molecular weight excluding hydrogens is 292 g/mol. The maximum atomic E-state index is 11.8. The Morgan fingerprint density at radius 3 is 2.68 bits per heavy atom. The zero-order valence-corrected chi connectivity index (χ0v) is 12.2. The second-order valence-electron chi connectivity index (χ2n) is 5.59. The van der Waals surface area contributed by atoms with E-state index in [9.17, 15) is 14.7 Å². The number of hydrogen-bond acceptors (Lipinski definition) is 6. The first-order valence-electron chi connectivity index (χ1n) is 6.87. The van der Waals surface area contributed by atoms with Gasteiger partial charge in [-0.1, -0.05) is 0 Å². The van der Waals surface area contributed by atoms with Gasteiger partial charge in [-0.25, -0.2) is 4.79 Å². The molecule has 3 atom stereocenters. The molecule has 2 heterocycles. The SMILES string of the molecule is COc1cc(O)c(CCC(=O)O)cc1C1OC(=O)C2(C)OC12. The molecule has 0 saturated carbocycles. The van der Waals surface area contributed by atoms with E-state index >= 15 is 0 Å². The van der Waals surface area contributed by atoms with E-state index in [1.165, 1.54) is 13.2 Å². The molecule has 2 N–H and O–H groups in total. The minimum atomic E-state index is -0.956. The number of aromatic hydroxyl groups is 1. The topological polar surface area (TPSA) is 106 Å². The van der Waals surface area contributed by atoms with Crippen molar-refractivity contribution < 1.29 is 34.0 Å². The highest BCUT2D eigenvalue weighted by Gasteiger charge is 2.70. The summed E-state index contributed by atoms with van der Waals surface area (Å²) in [6, 6.07) is 3.01. The third-order valence-corrected chi connectivity index (χ3v) is 4.12. The van der Waals surface area contributed by atoms with Crippen LogP contribution in [0.3, 0.4) is 0 Å². The van der Waals surface area contributed by atoms with Crippen molar-refractivity contribution in [3.05, 3.63) is 23.3 Å². The Labute approximate surface area is 126 Å². The molecular formula is C15H16O7. The Kier molecular flexibility index (Phi) is 3.25. The summed E-state index contributed by atoms with van der Waals surface area (Å²) in [4.78, 5) is 22.5. The minimum Gasteiger partial charge on any atom is -0.508 e. The van der Waals surface area contributed by atoms with Crippen molar-refractivity contribution in [2.45, 2.75) is 37.6 Å². The number of aryl methyl sites for hydroxylation is 1. The largest absolute Gasteiger partial charge is 0.508 e. The fourth-order valence-corrected chi connectivity index (χ4v) is 2.74. The number of carbonyl (C=O) groups excluding carboxylic acids is 1. The van der Waals surface area contributed by atoms with E-state index in [1.807, 2.05) is 0 Å². The zero-order valence-electron chi connectivity index (χ0n) is 12.2. The highest BCUT2D eigenvalue weighted by molar-refractivity contribution is 5.86. The molecule has 0 aliphatic carbocycles. The molecule has 2 aliphatic heterocycles. The summed E-state index contributed by atoms with van der Waals surface area (Å²) < 4.78 is 16.0. The molecule has 2 aliphatic rings. The van der Waals surface area contributed by atoms with Crippen LogP contribution in [0, 0.1) is 0 Å². The molecule has 0 radical (unpaired) electrons. The third kappa shape index (κ3) is 2.18. The lowest BCUT2D eigenvalue weighted by atomic mass is 9.97. The molecule has 3 rings (SSSR count). The van der Waals surface area contributed by atoms with Crippen LogP contribution in [0.25, 0.3) is 0 Å². The number of hydrogen-bond donors (Lipinski definition) is 2. The number of benzene rings is 1. The fraction of sp³-hybridized carbons (Fsp3) is 0.467. The van der Waals surface area contributed by atoms with Gasteiger partial charge in [0.15, 0.2) is 11.7 Å². The maximum Gasteiger partial charge on any atom is 0.341 e. The van der Waals surface area contributed by atoms with Crippen molar-refractivity contribution in [1.82, 2.24) is 0 Å². The zero-order chi connectivity index (χ0) is 16.1. The fourth-order valence-electron chi connectivity index (χ4n) is 2.74. The Bertz CT molecular complexity index is 654. The average Bonchev–Trinajstić information content (AvgIpc) is 3.09. The van der Waals surface area contributed by atoms with Gasteiger partial charge in [-0.3, -0.25) is 4.79 Å². The van der Waals surface area contributed by atoms with Crippen LogP contribution in [0.5, 0.6) is 11.5 Å². The molecule has 2 saturated heterocycles. The number of epoxide rings is 1. The monoisotopic (exact) mass is 308 g/mol. The van der Waals surface area contributed by atoms with Crippen molar-refractivity contribution in [2.24, 2.45) is 0 Å². The highest BCUT2D eigenvalue weighted by Crippen LogP contribution is 2.54. The van der Waals surface area contributed by atoms with Gasteiger partial charge in [-0.15, -0.1) is 0 Å². The number of methoxy groups -OCH3 is 1. The number of ether oxygens (including phenoxy) is 3. The number of fused-ring (bicyclic) bond motifs is 1. The molecule has 0 bridgehead atoms. The predicted molar refractivity (Wildman–Crippen MR) is 72.7 cm³/mol. The van der Waals surface area contributed by atoms with Crippen molar-refractivity contribution >= 4 is 11.9 Å². The molecule has 2 fully saturated rings. The number of carboxylic acids is 1. The van der Waals surface area contributed by atoms with Crippen LogP contribution in [-0.4, -0.2) is 41.0 Å². The number of rotatable bonds is 5. The van der Waals surface area contributed by atoms with E-state index < -0.39 is 23.6 Å². The van der Waals surface area contributed by atoms with Crippen LogP contribution in [-0.2, 0) is 25.5 Å². The van der Waals surface area contributed by atoms with E-state index in [4.69, 9.17) is 19.3 Å². The predicted octanol–water partition coefficient (Wildman–Crippen LogP) is 1.17. The molecule has 118 valence electrons. The molecule has 0 spiro atoms. The van der Waals surface area contributed by atoms with Crippen LogP contribution in [0.4, 0.5) is 0 Å². The number of cyclic esters (lactones) is 1. The van der Waals surface area contributed by atoms with Crippen LogP contribution in [0.2, 0.25) is 0 Å². The van der Waals surface area contributed by atoms with Gasteiger partial charge in [-0.05, 0) is 25.0 Å². The third-order valence-electron chi connectivity index (χ3n) is 4.12. The van der Waals surface area contributed by atoms with Crippen LogP contribution < -0.4 is 4.74 Å². The van der Waals surface area contributed by atoms with Gasteiger partial charge in [0.2, 0.25) is 0 Å². The molecule has 22 heavy (non-hydrogen) atoms. The van der Waals surface area contributed by atoms with Crippen LogP contribution in [0.1, 0.15) is 30.6 Å². The number of carboxylic acid groups (broad SMARTS) is 1. The maximum absolute atomic E-state index is 11.8. The molecule has 0 amide bonds. The molecule has 3 unspecified atom stereocenters. The molecule has 0 aromatic heterocycles. The van der Waals surface area contributed by atoms with Gasteiger partial charge in [-0.2, -0.15) is 0 Å². The summed E-state index contributed by atoms with van der Waals surface area (Å²) in [5.74, 6) is -1.06. The Hall–Kier alpha value is -2.28. The summed E-state index contributed by atoms with van der Waals surface area (Å²) in [6.45, 7) is 1.66. The minimum absolute atomic E-state index is 0.0503. The standard InChI is InChI=1S/C15H16O7/c1-15-13(22-15)12(21-14(15)19)8-5-7(3-4-11(17)18)9(16)6-10(8)20-2/h5-6,12-13,16H,3-4H2,1-2H3,(H,17,18). The second kappa shape index (κ2) is 4.88. The lowest BCUT2D eigenvalue weighted by Crippen LogP contribution is -2.17. The lowest BCUT2D eigenvalue weighted by molar-refractivity contribution is -0.153. The van der Waals surface area contributed by atoms with E-state index in [0.717, 1.165) is 0 Å². The van der Waals surface area contributed by atoms with Crippen molar-refractivity contribution in [1.29, 1.82) is 0 Å². The van der Waals surface area contributed by atoms with Gasteiger partial charge < -0.3 is 24.4 Å². The molecule has 1 aromatic rings. The number of phenolic OH excluding ortho intramolecular Hbond substituents is 1. The lowest BCUT2D eigenvalue weighted by Gasteiger charge is -2.17. The smallest absolute Gasteiger partial charge is 0.341 e. The molecule has 7 nitrogen and oxygen atoms in total. The summed E-state index contributed by atoms with van der Waals surface area (Å²) in [7, 11) is 1.44. The van der Waals surface area contributed by atoms with Crippen LogP contribution in [0.15, 0.2) is 12.1 Å². The van der Waals surface area contributed by atoms with E-state index in [0.29, 0.717) is 16.9 Å². The average molecular weight is 308 g/mol. The van der Waals surface area contributed by atoms with Crippen molar-refractivity contribution in [2.75, 3.05) is 7.11 Å². The first-order valence-corrected chi connectivity index (χ1v) is 6.87. The molecule has 7 heteroatoms. The van der Waals surface area contributed by atoms with Gasteiger partial charge >= 0.3 is 11.9 Å². The Balaban J connectivity index is 1.94. The summed E-state index contributed by atoms with van der Waals surface area (Å²) in [6.07, 6.45) is -0.939. The Morgan fingerprint density at radius 1 is 1.45 bits per heavy atom. The normalized spacial score (nSPS) is 28.9. The number of esters is 1. The number of carbonyl (C=O) groups is 2. The van der Waals surface area contributed by atoms with Crippen LogP contribution >= 0.6 is 0 Å². The van der Waals surface area contributed by atoms with E-state index in [1.54, 1.807) is 13.0 Å². The summed E-state index contributed by atoms with van der Waals surface area (Å²) in [5.41, 5.74) is 0.123. The second-order valence-corrected chi connectivity index (χ2v) is 5.59. The highest BCUT2D eigenvalue weighted by atomic mass is 16.7. The van der Waals surface area contributed by atoms with Crippen molar-refractivity contribution in [3.63, 3.8) is 0 Å². The number of phenols is 1. The van der Waals surface area contributed by atoms with Gasteiger partial charge in [0.25, 0.3) is 0 Å². The van der Waals surface area contributed by atoms with E-state index in [-0.39, 0.29) is 24.7 Å². The van der Waals surface area contributed by atoms with Gasteiger partial charge in [0.05, 0.1) is 7.11 Å². The summed E-state index contributed by atoms with van der Waals surface area (Å²) >= 11 is 0. The first-order chi connectivity index (χ1) is 10.4. The van der Waals surface area contributed by atoms with Gasteiger partial charge in [0.1, 0.15) is 17.6 Å². The Morgan fingerprint density at radius 2 is 2.18 bits per heavy atom. The first kappa shape index (κ1) is 14.6. The van der Waals surface area contributed by atoms with Gasteiger partial charge in [0, 0.05) is 18.1 Å². The molecule has 1 aromatic carbocycles. The summed E-state index contributed by atoms with van der Waals surface area (Å²) in [5, 5.41) is 18.7.